The largest absolute Gasteiger partial charge is 0.444 e. The molecule has 3 amide bonds. The van der Waals surface area contributed by atoms with Gasteiger partial charge in [-0.3, -0.25) is 10.1 Å². The number of halogens is 2. The molecule has 0 saturated heterocycles. The molecule has 0 saturated carbocycles. The van der Waals surface area contributed by atoms with Gasteiger partial charge in [0, 0.05) is 12.1 Å². The lowest BCUT2D eigenvalue weighted by Crippen LogP contribution is -2.42. The zero-order valence-electron chi connectivity index (χ0n) is 14.9. The lowest BCUT2D eigenvalue weighted by Gasteiger charge is -2.18. The summed E-state index contributed by atoms with van der Waals surface area (Å²) in [4.78, 5) is 36.5. The molecule has 0 heterocycles. The van der Waals surface area contributed by atoms with E-state index in [0.29, 0.717) is 12.1 Å². The van der Waals surface area contributed by atoms with Gasteiger partial charge >= 0.3 is 18.6 Å². The number of carbonyl (C=O) groups is 3. The number of amides is 3. The number of hydrogen-bond donors (Lipinski definition) is 2. The number of alkyl halides is 2. The summed E-state index contributed by atoms with van der Waals surface area (Å²) in [6.07, 6.45) is -1.42. The average Bonchev–Trinajstić information content (AvgIpc) is 2.66. The maximum Gasteiger partial charge on any atom is 0.387 e. The Morgan fingerprint density at radius 3 is 2.39 bits per heavy atom. The molecule has 0 bridgehead atoms. The maximum atomic E-state index is 12.4. The van der Waals surface area contributed by atoms with Crippen LogP contribution in [0.1, 0.15) is 28.9 Å². The van der Waals surface area contributed by atoms with Crippen LogP contribution in [0.5, 0.6) is 5.75 Å². The lowest BCUT2D eigenvalue weighted by atomic mass is 10.1. The van der Waals surface area contributed by atoms with Gasteiger partial charge in [-0.15, -0.1) is 0 Å². The van der Waals surface area contributed by atoms with Crippen molar-refractivity contribution in [1.29, 1.82) is 0 Å². The number of rotatable bonds is 7. The van der Waals surface area contributed by atoms with Gasteiger partial charge in [0.05, 0.1) is 5.56 Å². The predicted octanol–water partition coefficient (Wildman–Crippen LogP) is 3.03. The second-order valence-corrected chi connectivity index (χ2v) is 5.45. The van der Waals surface area contributed by atoms with Crippen LogP contribution < -0.4 is 15.4 Å². The Bertz CT molecular complexity index is 830. The monoisotopic (exact) mass is 392 g/mol. The van der Waals surface area contributed by atoms with E-state index in [2.05, 4.69) is 15.4 Å². The van der Waals surface area contributed by atoms with E-state index in [0.717, 1.165) is 6.07 Å². The van der Waals surface area contributed by atoms with E-state index in [1.165, 1.54) is 18.2 Å². The van der Waals surface area contributed by atoms with Crippen LogP contribution in [-0.4, -0.2) is 31.1 Å². The van der Waals surface area contributed by atoms with E-state index in [4.69, 9.17) is 4.74 Å². The molecule has 9 heteroatoms. The van der Waals surface area contributed by atoms with Crippen LogP contribution in [0.3, 0.4) is 0 Å². The molecule has 2 aromatic rings. The number of hydrogen-bond acceptors (Lipinski definition) is 5. The van der Waals surface area contributed by atoms with Gasteiger partial charge in [0.2, 0.25) is 6.10 Å². The van der Waals surface area contributed by atoms with Crippen molar-refractivity contribution < 1.29 is 32.6 Å². The summed E-state index contributed by atoms with van der Waals surface area (Å²) in [6, 6.07) is 12.3. The van der Waals surface area contributed by atoms with Crippen LogP contribution in [0.25, 0.3) is 0 Å². The van der Waals surface area contributed by atoms with E-state index < -0.39 is 30.6 Å². The van der Waals surface area contributed by atoms with Crippen LogP contribution in [0.15, 0.2) is 54.6 Å². The molecule has 0 spiro atoms. The molecule has 0 radical (unpaired) electrons. The molecule has 0 unspecified atom stereocenters. The minimum absolute atomic E-state index is 0.0927. The van der Waals surface area contributed by atoms with Crippen LogP contribution in [0.2, 0.25) is 0 Å². The van der Waals surface area contributed by atoms with Crippen LogP contribution in [0.4, 0.5) is 13.6 Å². The number of ether oxygens (including phenoxy) is 2. The Hall–Kier alpha value is -3.49. The molecule has 0 fully saturated rings. The summed E-state index contributed by atoms with van der Waals surface area (Å²) in [5, 5.41) is 4.48. The first kappa shape index (κ1) is 20.8. The molecule has 28 heavy (non-hydrogen) atoms. The second kappa shape index (κ2) is 10.0. The smallest absolute Gasteiger partial charge is 0.387 e. The normalized spacial score (nSPS) is 11.4. The van der Waals surface area contributed by atoms with E-state index in [1.54, 1.807) is 37.3 Å². The molecule has 148 valence electrons. The summed E-state index contributed by atoms with van der Waals surface area (Å²) >= 11 is 0. The highest BCUT2D eigenvalue weighted by Gasteiger charge is 2.27. The van der Waals surface area contributed by atoms with Crippen LogP contribution >= 0.6 is 0 Å². The molecule has 2 rings (SSSR count). The first-order valence-electron chi connectivity index (χ1n) is 8.30. The van der Waals surface area contributed by atoms with E-state index in [9.17, 15) is 23.2 Å². The maximum absolute atomic E-state index is 12.4. The molecule has 2 aromatic carbocycles. The highest BCUT2D eigenvalue weighted by atomic mass is 19.3. The highest BCUT2D eigenvalue weighted by molar-refractivity contribution is 5.99. The summed E-state index contributed by atoms with van der Waals surface area (Å²) in [5.41, 5.74) is 0.238. The van der Waals surface area contributed by atoms with Crippen molar-refractivity contribution in [3.8, 4) is 5.75 Å². The fraction of sp³-hybridized carbons (Fsp3) is 0.211. The van der Waals surface area contributed by atoms with Gasteiger partial charge in [0.25, 0.3) is 5.91 Å². The zero-order valence-corrected chi connectivity index (χ0v) is 14.9. The van der Waals surface area contributed by atoms with Gasteiger partial charge in [-0.2, -0.15) is 8.78 Å². The quantitative estimate of drug-likeness (QED) is 0.707. The minimum atomic E-state index is -3.05. The van der Waals surface area contributed by atoms with Gasteiger partial charge in [-0.1, -0.05) is 36.4 Å². The molecule has 0 aliphatic heterocycles. The minimum Gasteiger partial charge on any atom is -0.444 e. The van der Waals surface area contributed by atoms with Crippen molar-refractivity contribution in [2.75, 3.05) is 6.54 Å². The Morgan fingerprint density at radius 1 is 1.04 bits per heavy atom. The van der Waals surface area contributed by atoms with Gasteiger partial charge in [-0.05, 0) is 25.1 Å². The SMILES string of the molecule is CCNC(=O)NC(=O)[C@@H](OC(=O)c1cccc(OC(F)F)c1)c1ccccc1. The van der Waals surface area contributed by atoms with Crippen molar-refractivity contribution >= 4 is 17.9 Å². The number of urea groups is 1. The van der Waals surface area contributed by atoms with Gasteiger partial charge < -0.3 is 14.8 Å². The number of carbonyl (C=O) groups excluding carboxylic acids is 3. The Morgan fingerprint density at radius 2 is 1.75 bits per heavy atom. The van der Waals surface area contributed by atoms with Crippen molar-refractivity contribution in [1.82, 2.24) is 10.6 Å². The first-order chi connectivity index (χ1) is 13.4. The lowest BCUT2D eigenvalue weighted by molar-refractivity contribution is -0.129. The predicted molar refractivity (Wildman–Crippen MR) is 94.9 cm³/mol. The number of nitrogens with one attached hydrogen (secondary N) is 2. The third kappa shape index (κ3) is 6.04. The van der Waals surface area contributed by atoms with Gasteiger partial charge in [0.1, 0.15) is 5.75 Å². The van der Waals surface area contributed by atoms with Crippen LogP contribution in [-0.2, 0) is 9.53 Å². The topological polar surface area (TPSA) is 93.7 Å². The number of esters is 1. The molecule has 1 atom stereocenters. The van der Waals surface area contributed by atoms with E-state index in [-0.39, 0.29) is 11.3 Å². The fourth-order valence-corrected chi connectivity index (χ4v) is 2.26. The fourth-order valence-electron chi connectivity index (χ4n) is 2.26. The molecular weight excluding hydrogens is 374 g/mol. The average molecular weight is 392 g/mol. The van der Waals surface area contributed by atoms with E-state index >= 15 is 0 Å². The van der Waals surface area contributed by atoms with Crippen molar-refractivity contribution in [3.63, 3.8) is 0 Å². The molecule has 0 aliphatic rings. The zero-order chi connectivity index (χ0) is 20.5. The summed E-state index contributed by atoms with van der Waals surface area (Å²) in [7, 11) is 0. The molecule has 0 aromatic heterocycles. The molecule has 0 aliphatic carbocycles. The molecule has 2 N–H and O–H groups in total. The van der Waals surface area contributed by atoms with Crippen molar-refractivity contribution in [2.24, 2.45) is 0 Å². The standard InChI is InChI=1S/C19H18F2N2O5/c1-2-22-19(26)23-16(24)15(12-7-4-3-5-8-12)28-17(25)13-9-6-10-14(11-13)27-18(20)21/h3-11,15,18H,2H2,1H3,(H2,22,23,24,26)/t15-/m0/s1. The Balaban J connectivity index is 2.21. The number of imide groups is 1. The van der Waals surface area contributed by atoms with Gasteiger partial charge in [-0.25, -0.2) is 9.59 Å². The summed E-state index contributed by atoms with van der Waals surface area (Å²) in [5.74, 6) is -2.03. The van der Waals surface area contributed by atoms with Crippen molar-refractivity contribution in [3.05, 3.63) is 65.7 Å². The van der Waals surface area contributed by atoms with Crippen molar-refractivity contribution in [2.45, 2.75) is 19.6 Å². The third-order valence-corrected chi connectivity index (χ3v) is 3.43. The second-order valence-electron chi connectivity index (χ2n) is 5.45. The summed E-state index contributed by atoms with van der Waals surface area (Å²) in [6.45, 7) is -1.08. The Kier molecular flexibility index (Phi) is 7.44. The Labute approximate surface area is 159 Å². The van der Waals surface area contributed by atoms with Gasteiger partial charge in [0.15, 0.2) is 0 Å². The molecule has 7 nitrogen and oxygen atoms in total. The number of benzene rings is 2. The molecular formula is C19H18F2N2O5. The first-order valence-corrected chi connectivity index (χ1v) is 8.30. The van der Waals surface area contributed by atoms with E-state index in [1.807, 2.05) is 0 Å². The highest BCUT2D eigenvalue weighted by Crippen LogP contribution is 2.22. The third-order valence-electron chi connectivity index (χ3n) is 3.43. The van der Waals surface area contributed by atoms with Crippen LogP contribution in [0, 0.1) is 0 Å². The summed E-state index contributed by atoms with van der Waals surface area (Å²) < 4.78 is 34.2.